The standard InChI is InChI=1S/C10H14N4OS/c1-3-7(4-5-11)14-9(15)8-6(2)13-10(12)16-8/h7H,3-4H2,1-2H3,(H2,12,13)(H,14,15). The summed E-state index contributed by atoms with van der Waals surface area (Å²) in [6, 6.07) is 1.93. The van der Waals surface area contributed by atoms with E-state index in [0.29, 0.717) is 22.1 Å². The first-order chi connectivity index (χ1) is 7.58. The van der Waals surface area contributed by atoms with Crippen LogP contribution in [0.3, 0.4) is 0 Å². The monoisotopic (exact) mass is 238 g/mol. The quantitative estimate of drug-likeness (QED) is 0.830. The van der Waals surface area contributed by atoms with Gasteiger partial charge in [0.05, 0.1) is 18.2 Å². The molecule has 1 rings (SSSR count). The summed E-state index contributed by atoms with van der Waals surface area (Å²) in [7, 11) is 0. The van der Waals surface area contributed by atoms with Gasteiger partial charge in [-0.2, -0.15) is 5.26 Å². The maximum absolute atomic E-state index is 11.8. The Morgan fingerprint density at radius 3 is 2.88 bits per heavy atom. The van der Waals surface area contributed by atoms with Gasteiger partial charge in [-0.1, -0.05) is 18.3 Å². The van der Waals surface area contributed by atoms with Crippen molar-refractivity contribution in [1.29, 1.82) is 5.26 Å². The average molecular weight is 238 g/mol. The molecule has 1 aromatic rings. The molecule has 0 aliphatic rings. The van der Waals surface area contributed by atoms with E-state index in [9.17, 15) is 4.79 Å². The molecule has 6 heteroatoms. The largest absolute Gasteiger partial charge is 0.375 e. The van der Waals surface area contributed by atoms with Gasteiger partial charge in [0.25, 0.3) is 5.91 Å². The Bertz CT molecular complexity index is 421. The third-order valence-corrected chi connectivity index (χ3v) is 3.17. The summed E-state index contributed by atoms with van der Waals surface area (Å²) in [5, 5.41) is 11.8. The molecule has 1 amide bonds. The van der Waals surface area contributed by atoms with Gasteiger partial charge in [0.2, 0.25) is 0 Å². The summed E-state index contributed by atoms with van der Waals surface area (Å²) in [4.78, 5) is 16.3. The third-order valence-electron chi connectivity index (χ3n) is 2.19. The van der Waals surface area contributed by atoms with Crippen molar-refractivity contribution in [2.45, 2.75) is 32.7 Å². The lowest BCUT2D eigenvalue weighted by atomic mass is 10.1. The van der Waals surface area contributed by atoms with Crippen LogP contribution in [0.5, 0.6) is 0 Å². The predicted molar refractivity (Wildman–Crippen MR) is 63.0 cm³/mol. The molecule has 0 aromatic carbocycles. The Kier molecular flexibility index (Phi) is 4.26. The Balaban J connectivity index is 2.72. The second kappa shape index (κ2) is 5.47. The highest BCUT2D eigenvalue weighted by atomic mass is 32.1. The van der Waals surface area contributed by atoms with Crippen LogP contribution in [0.25, 0.3) is 0 Å². The summed E-state index contributed by atoms with van der Waals surface area (Å²) < 4.78 is 0. The van der Waals surface area contributed by atoms with Crippen LogP contribution in [-0.2, 0) is 0 Å². The predicted octanol–water partition coefficient (Wildman–Crippen LogP) is 1.46. The molecule has 0 saturated heterocycles. The Hall–Kier alpha value is -1.61. The minimum atomic E-state index is -0.200. The first kappa shape index (κ1) is 12.5. The minimum Gasteiger partial charge on any atom is -0.375 e. The van der Waals surface area contributed by atoms with Crippen LogP contribution in [0.4, 0.5) is 5.13 Å². The highest BCUT2D eigenvalue weighted by Gasteiger charge is 2.17. The van der Waals surface area contributed by atoms with Gasteiger partial charge in [-0.15, -0.1) is 0 Å². The minimum absolute atomic E-state index is 0.111. The van der Waals surface area contributed by atoms with Crippen molar-refractivity contribution in [2.24, 2.45) is 0 Å². The average Bonchev–Trinajstić information content (AvgIpc) is 2.57. The summed E-state index contributed by atoms with van der Waals surface area (Å²) in [6.45, 7) is 3.67. The fraction of sp³-hybridized carbons (Fsp3) is 0.500. The molecular formula is C10H14N4OS. The molecule has 0 radical (unpaired) electrons. The van der Waals surface area contributed by atoms with E-state index in [-0.39, 0.29) is 11.9 Å². The Morgan fingerprint density at radius 1 is 1.75 bits per heavy atom. The number of amides is 1. The van der Waals surface area contributed by atoms with E-state index in [1.54, 1.807) is 6.92 Å². The van der Waals surface area contributed by atoms with Crippen molar-refractivity contribution in [2.75, 3.05) is 5.73 Å². The number of hydrogen-bond donors (Lipinski definition) is 2. The fourth-order valence-corrected chi connectivity index (χ4v) is 2.02. The van der Waals surface area contributed by atoms with Crippen molar-refractivity contribution in [1.82, 2.24) is 10.3 Å². The van der Waals surface area contributed by atoms with Gasteiger partial charge in [0, 0.05) is 6.04 Å². The number of nitrogen functional groups attached to an aromatic ring is 1. The molecule has 0 aliphatic carbocycles. The lowest BCUT2D eigenvalue weighted by Gasteiger charge is -2.12. The highest BCUT2D eigenvalue weighted by molar-refractivity contribution is 7.17. The molecule has 0 spiro atoms. The number of aryl methyl sites for hydroxylation is 1. The zero-order chi connectivity index (χ0) is 12.1. The maximum atomic E-state index is 11.8. The molecule has 1 heterocycles. The molecule has 5 nitrogen and oxygen atoms in total. The smallest absolute Gasteiger partial charge is 0.263 e. The lowest BCUT2D eigenvalue weighted by molar-refractivity contribution is 0.0940. The van der Waals surface area contributed by atoms with Crippen molar-refractivity contribution >= 4 is 22.4 Å². The molecule has 1 aromatic heterocycles. The molecular weight excluding hydrogens is 224 g/mol. The molecule has 0 aliphatic heterocycles. The van der Waals surface area contributed by atoms with Crippen molar-refractivity contribution in [3.05, 3.63) is 10.6 Å². The van der Waals surface area contributed by atoms with E-state index in [2.05, 4.69) is 10.3 Å². The SMILES string of the molecule is CCC(CC#N)NC(=O)c1sc(N)nc1C. The highest BCUT2D eigenvalue weighted by Crippen LogP contribution is 2.19. The number of anilines is 1. The van der Waals surface area contributed by atoms with Gasteiger partial charge < -0.3 is 11.1 Å². The van der Waals surface area contributed by atoms with E-state index >= 15 is 0 Å². The summed E-state index contributed by atoms with van der Waals surface area (Å²) in [5.41, 5.74) is 6.15. The normalized spacial score (nSPS) is 11.8. The second-order valence-electron chi connectivity index (χ2n) is 3.41. The second-order valence-corrected chi connectivity index (χ2v) is 4.44. The van der Waals surface area contributed by atoms with Crippen LogP contribution in [0.15, 0.2) is 0 Å². The molecule has 0 bridgehead atoms. The van der Waals surface area contributed by atoms with Gasteiger partial charge >= 0.3 is 0 Å². The topological polar surface area (TPSA) is 91.8 Å². The number of nitrogens with one attached hydrogen (secondary N) is 1. The molecule has 3 N–H and O–H groups in total. The molecule has 1 unspecified atom stereocenters. The number of rotatable bonds is 4. The first-order valence-corrected chi connectivity index (χ1v) is 5.80. The zero-order valence-electron chi connectivity index (χ0n) is 9.28. The summed E-state index contributed by atoms with van der Waals surface area (Å²) in [6.07, 6.45) is 1.04. The summed E-state index contributed by atoms with van der Waals surface area (Å²) >= 11 is 1.16. The van der Waals surface area contributed by atoms with Crippen molar-refractivity contribution in [3.8, 4) is 6.07 Å². The molecule has 86 valence electrons. The molecule has 16 heavy (non-hydrogen) atoms. The number of nitriles is 1. The molecule has 0 fully saturated rings. The van der Waals surface area contributed by atoms with Gasteiger partial charge in [-0.05, 0) is 13.3 Å². The van der Waals surface area contributed by atoms with E-state index in [1.165, 1.54) is 0 Å². The van der Waals surface area contributed by atoms with Crippen molar-refractivity contribution < 1.29 is 4.79 Å². The van der Waals surface area contributed by atoms with Crippen molar-refractivity contribution in [3.63, 3.8) is 0 Å². The maximum Gasteiger partial charge on any atom is 0.263 e. The number of carbonyl (C=O) groups is 1. The van der Waals surface area contributed by atoms with E-state index in [0.717, 1.165) is 17.8 Å². The lowest BCUT2D eigenvalue weighted by Crippen LogP contribution is -2.33. The van der Waals surface area contributed by atoms with Crippen LogP contribution < -0.4 is 11.1 Å². The zero-order valence-corrected chi connectivity index (χ0v) is 10.1. The molecule has 1 atom stereocenters. The van der Waals surface area contributed by atoms with E-state index < -0.39 is 0 Å². The van der Waals surface area contributed by atoms with E-state index in [1.807, 2.05) is 13.0 Å². The van der Waals surface area contributed by atoms with Crippen LogP contribution in [0, 0.1) is 18.3 Å². The number of carbonyl (C=O) groups excluding carboxylic acids is 1. The third kappa shape index (κ3) is 2.94. The number of hydrogen-bond acceptors (Lipinski definition) is 5. The van der Waals surface area contributed by atoms with Crippen LogP contribution in [0.2, 0.25) is 0 Å². The van der Waals surface area contributed by atoms with Gasteiger partial charge in [-0.3, -0.25) is 4.79 Å². The Labute approximate surface area is 98.3 Å². The van der Waals surface area contributed by atoms with Gasteiger partial charge in [0.1, 0.15) is 4.88 Å². The van der Waals surface area contributed by atoms with Crippen LogP contribution >= 0.6 is 11.3 Å². The number of aromatic nitrogens is 1. The summed E-state index contributed by atoms with van der Waals surface area (Å²) in [5.74, 6) is -0.200. The first-order valence-electron chi connectivity index (χ1n) is 4.99. The molecule has 0 saturated carbocycles. The number of thiazole rings is 1. The van der Waals surface area contributed by atoms with Crippen LogP contribution in [-0.4, -0.2) is 16.9 Å². The Morgan fingerprint density at radius 2 is 2.44 bits per heavy atom. The number of nitrogens with two attached hydrogens (primary N) is 1. The number of nitrogens with zero attached hydrogens (tertiary/aromatic N) is 2. The van der Waals surface area contributed by atoms with Gasteiger partial charge in [-0.25, -0.2) is 4.98 Å². The van der Waals surface area contributed by atoms with E-state index in [4.69, 9.17) is 11.0 Å². The van der Waals surface area contributed by atoms with Crippen LogP contribution in [0.1, 0.15) is 35.1 Å². The van der Waals surface area contributed by atoms with Gasteiger partial charge in [0.15, 0.2) is 5.13 Å². The fourth-order valence-electron chi connectivity index (χ4n) is 1.29.